The maximum absolute atomic E-state index is 12.9. The molecule has 7 heteroatoms. The molecule has 0 saturated carbocycles. The third-order valence-corrected chi connectivity index (χ3v) is 4.98. The Bertz CT molecular complexity index is 774. The number of hydrogen-bond donors (Lipinski definition) is 1. The van der Waals surface area contributed by atoms with Crippen LogP contribution in [0.2, 0.25) is 0 Å². The van der Waals surface area contributed by atoms with Gasteiger partial charge in [0.15, 0.2) is 0 Å². The lowest BCUT2D eigenvalue weighted by Crippen LogP contribution is -2.50. The summed E-state index contributed by atoms with van der Waals surface area (Å²) < 4.78 is 1.95. The molecule has 1 aromatic heterocycles. The highest BCUT2D eigenvalue weighted by Crippen LogP contribution is 2.21. The summed E-state index contributed by atoms with van der Waals surface area (Å²) in [6, 6.07) is 9.77. The number of nitrogens with zero attached hydrogens (tertiary/aromatic N) is 4. The number of benzene rings is 1. The Morgan fingerprint density at radius 1 is 1.30 bits per heavy atom. The van der Waals surface area contributed by atoms with Crippen molar-refractivity contribution in [3.63, 3.8) is 0 Å². The van der Waals surface area contributed by atoms with Gasteiger partial charge in [-0.3, -0.25) is 9.59 Å². The molecule has 2 amide bonds. The van der Waals surface area contributed by atoms with Crippen LogP contribution in [0.15, 0.2) is 42.7 Å². The van der Waals surface area contributed by atoms with Crippen LogP contribution in [-0.2, 0) is 23.2 Å². The Kier molecular flexibility index (Phi) is 6.24. The monoisotopic (exact) mass is 369 g/mol. The second-order valence-electron chi connectivity index (χ2n) is 6.88. The highest BCUT2D eigenvalue weighted by molar-refractivity contribution is 5.78. The highest BCUT2D eigenvalue weighted by atomic mass is 16.2. The third kappa shape index (κ3) is 4.74. The molecule has 0 bridgehead atoms. The third-order valence-electron chi connectivity index (χ3n) is 4.98. The van der Waals surface area contributed by atoms with Gasteiger partial charge in [-0.05, 0) is 5.56 Å². The molecular formula is C20H27N5O2. The van der Waals surface area contributed by atoms with Crippen LogP contribution in [0.1, 0.15) is 30.8 Å². The zero-order valence-electron chi connectivity index (χ0n) is 16.0. The molecule has 144 valence electrons. The minimum atomic E-state index is -0.0776. The molecule has 1 aromatic carbocycles. The van der Waals surface area contributed by atoms with Gasteiger partial charge in [-0.15, -0.1) is 0 Å². The van der Waals surface area contributed by atoms with E-state index in [-0.39, 0.29) is 17.9 Å². The number of rotatable bonds is 6. The van der Waals surface area contributed by atoms with Gasteiger partial charge in [0.05, 0.1) is 0 Å². The van der Waals surface area contributed by atoms with Gasteiger partial charge in [0, 0.05) is 65.5 Å². The molecule has 0 radical (unpaired) electrons. The number of nitrogens with one attached hydrogen (secondary N) is 1. The molecule has 1 fully saturated rings. The van der Waals surface area contributed by atoms with Crippen molar-refractivity contribution in [2.75, 3.05) is 26.2 Å². The largest absolute Gasteiger partial charge is 0.338 e. The Labute approximate surface area is 160 Å². The molecule has 27 heavy (non-hydrogen) atoms. The lowest BCUT2D eigenvalue weighted by molar-refractivity contribution is -0.136. The van der Waals surface area contributed by atoms with Gasteiger partial charge in [0.25, 0.3) is 0 Å². The molecule has 0 spiro atoms. The maximum atomic E-state index is 12.9. The number of carbonyl (C=O) groups excluding carboxylic acids is 2. The quantitative estimate of drug-likeness (QED) is 0.834. The van der Waals surface area contributed by atoms with Crippen LogP contribution in [-0.4, -0.2) is 57.3 Å². The van der Waals surface area contributed by atoms with Crippen molar-refractivity contribution in [2.45, 2.75) is 25.9 Å². The Hall–Kier alpha value is -2.67. The number of aryl methyl sites for hydroxylation is 1. The predicted octanol–water partition coefficient (Wildman–Crippen LogP) is 1.33. The number of piperazine rings is 1. The Balaban J connectivity index is 1.63. The summed E-state index contributed by atoms with van der Waals surface area (Å²) in [6.07, 6.45) is 3.96. The van der Waals surface area contributed by atoms with Gasteiger partial charge in [0.1, 0.15) is 11.9 Å². The average Bonchev–Trinajstić information content (AvgIpc) is 3.11. The zero-order chi connectivity index (χ0) is 19.2. The number of hydrogen-bond acceptors (Lipinski definition) is 4. The van der Waals surface area contributed by atoms with Crippen molar-refractivity contribution < 1.29 is 9.59 Å². The second kappa shape index (κ2) is 8.81. The lowest BCUT2D eigenvalue weighted by Gasteiger charge is -2.36. The van der Waals surface area contributed by atoms with Gasteiger partial charge < -0.3 is 19.7 Å². The Morgan fingerprint density at radius 3 is 2.74 bits per heavy atom. The van der Waals surface area contributed by atoms with Crippen molar-refractivity contribution in [1.82, 2.24) is 24.7 Å². The first-order valence-corrected chi connectivity index (χ1v) is 9.33. The number of carbonyl (C=O) groups is 2. The summed E-state index contributed by atoms with van der Waals surface area (Å²) in [4.78, 5) is 33.0. The van der Waals surface area contributed by atoms with Crippen LogP contribution in [0, 0.1) is 0 Å². The summed E-state index contributed by atoms with van der Waals surface area (Å²) in [5.41, 5.74) is 1.06. The van der Waals surface area contributed by atoms with Crippen molar-refractivity contribution in [3.05, 3.63) is 54.1 Å². The number of amides is 2. The molecule has 1 N–H and O–H groups in total. The first kappa shape index (κ1) is 19.1. The topological polar surface area (TPSA) is 70.5 Å². The standard InChI is InChI=1S/C20H27N5O2/c1-16(26)24(15-17-6-4-3-5-7-17)11-8-19(27)25-13-9-21-14-18(25)20-22-10-12-23(20)2/h3-7,10,12,18,21H,8-9,11,13-15H2,1-2H3. The molecule has 1 unspecified atom stereocenters. The normalized spacial score (nSPS) is 17.0. The van der Waals surface area contributed by atoms with Crippen LogP contribution in [0.5, 0.6) is 0 Å². The van der Waals surface area contributed by atoms with Gasteiger partial charge in [-0.2, -0.15) is 0 Å². The van der Waals surface area contributed by atoms with Crippen LogP contribution in [0.3, 0.4) is 0 Å². The average molecular weight is 369 g/mol. The first-order chi connectivity index (χ1) is 13.1. The molecule has 2 heterocycles. The lowest BCUT2D eigenvalue weighted by atomic mass is 10.1. The van der Waals surface area contributed by atoms with Crippen molar-refractivity contribution >= 4 is 11.8 Å². The van der Waals surface area contributed by atoms with Crippen LogP contribution in [0.25, 0.3) is 0 Å². The molecule has 0 aliphatic carbocycles. The smallest absolute Gasteiger partial charge is 0.225 e. The van der Waals surface area contributed by atoms with Gasteiger partial charge in [-0.25, -0.2) is 4.98 Å². The number of imidazole rings is 1. The van der Waals surface area contributed by atoms with Crippen LogP contribution >= 0.6 is 0 Å². The fourth-order valence-electron chi connectivity index (χ4n) is 3.46. The minimum absolute atomic E-state index is 0.0207. The molecule has 3 rings (SSSR count). The molecule has 7 nitrogen and oxygen atoms in total. The van der Waals surface area contributed by atoms with Crippen molar-refractivity contribution in [3.8, 4) is 0 Å². The molecule has 1 saturated heterocycles. The van der Waals surface area contributed by atoms with E-state index in [9.17, 15) is 9.59 Å². The van der Waals surface area contributed by atoms with E-state index in [0.29, 0.717) is 32.6 Å². The highest BCUT2D eigenvalue weighted by Gasteiger charge is 2.30. The van der Waals surface area contributed by atoms with Gasteiger partial charge in [0.2, 0.25) is 11.8 Å². The predicted molar refractivity (Wildman–Crippen MR) is 103 cm³/mol. The van der Waals surface area contributed by atoms with Gasteiger partial charge in [-0.1, -0.05) is 30.3 Å². The summed E-state index contributed by atoms with van der Waals surface area (Å²) >= 11 is 0. The zero-order valence-corrected chi connectivity index (χ0v) is 16.0. The molecule has 1 aliphatic heterocycles. The first-order valence-electron chi connectivity index (χ1n) is 9.33. The van der Waals surface area contributed by atoms with E-state index in [1.165, 1.54) is 0 Å². The van der Waals surface area contributed by atoms with E-state index >= 15 is 0 Å². The molecule has 1 atom stereocenters. The summed E-state index contributed by atoms with van der Waals surface area (Å²) in [5, 5.41) is 3.34. The van der Waals surface area contributed by atoms with Crippen molar-refractivity contribution in [2.24, 2.45) is 7.05 Å². The summed E-state index contributed by atoms with van der Waals surface area (Å²) in [7, 11) is 1.94. The maximum Gasteiger partial charge on any atom is 0.225 e. The van der Waals surface area contributed by atoms with E-state index in [4.69, 9.17) is 0 Å². The fourth-order valence-corrected chi connectivity index (χ4v) is 3.46. The summed E-state index contributed by atoms with van der Waals surface area (Å²) in [6.45, 7) is 4.60. The van der Waals surface area contributed by atoms with E-state index < -0.39 is 0 Å². The van der Waals surface area contributed by atoms with E-state index in [2.05, 4.69) is 10.3 Å². The summed E-state index contributed by atoms with van der Waals surface area (Å²) in [5.74, 6) is 0.916. The second-order valence-corrected chi connectivity index (χ2v) is 6.88. The van der Waals surface area contributed by atoms with Crippen molar-refractivity contribution in [1.29, 1.82) is 0 Å². The number of aromatic nitrogens is 2. The van der Waals surface area contributed by atoms with Gasteiger partial charge >= 0.3 is 0 Å². The van der Waals surface area contributed by atoms with E-state index in [1.54, 1.807) is 18.0 Å². The van der Waals surface area contributed by atoms with E-state index in [0.717, 1.165) is 17.9 Å². The fraction of sp³-hybridized carbons (Fsp3) is 0.450. The molecular weight excluding hydrogens is 342 g/mol. The minimum Gasteiger partial charge on any atom is -0.338 e. The SMILES string of the molecule is CC(=O)N(CCC(=O)N1CCNCC1c1nccn1C)Cc1ccccc1. The van der Waals surface area contributed by atoms with E-state index in [1.807, 2.05) is 53.0 Å². The van der Waals surface area contributed by atoms with Crippen LogP contribution < -0.4 is 5.32 Å². The molecule has 2 aromatic rings. The van der Waals surface area contributed by atoms with Crippen LogP contribution in [0.4, 0.5) is 0 Å². The molecule has 1 aliphatic rings. The Morgan fingerprint density at radius 2 is 2.07 bits per heavy atom.